The second-order valence-corrected chi connectivity index (χ2v) is 3.39. The fourth-order valence-electron chi connectivity index (χ4n) is 1.26. The molecular weight excluding hydrogens is 192 g/mol. The van der Waals surface area contributed by atoms with Crippen molar-refractivity contribution < 1.29 is 14.6 Å². The number of benzene rings is 1. The average Bonchev–Trinajstić information content (AvgIpc) is 2.29. The van der Waals surface area contributed by atoms with E-state index in [1.54, 1.807) is 18.2 Å². The normalized spacial score (nSPS) is 10.0. The summed E-state index contributed by atoms with van der Waals surface area (Å²) in [5.74, 6) is 0.650. The number of aliphatic hydroxyl groups excluding tert-OH is 1. The number of aliphatic hydroxyl groups is 1. The van der Waals surface area contributed by atoms with E-state index < -0.39 is 0 Å². The van der Waals surface area contributed by atoms with Crippen molar-refractivity contribution in [2.45, 2.75) is 26.4 Å². The van der Waals surface area contributed by atoms with E-state index in [2.05, 4.69) is 6.92 Å². The highest BCUT2D eigenvalue weighted by Gasteiger charge is 2.00. The Morgan fingerprint density at radius 3 is 2.80 bits per heavy atom. The Labute approximate surface area is 89.7 Å². The number of ether oxygens (including phenoxy) is 1. The van der Waals surface area contributed by atoms with Gasteiger partial charge in [0.1, 0.15) is 12.0 Å². The molecule has 0 fully saturated rings. The molecule has 0 spiro atoms. The molecule has 1 rings (SSSR count). The molecular formula is C12H16O3. The summed E-state index contributed by atoms with van der Waals surface area (Å²) in [5.41, 5.74) is 1.24. The first kappa shape index (κ1) is 11.7. The summed E-state index contributed by atoms with van der Waals surface area (Å²) in [7, 11) is 0. The molecule has 1 aromatic carbocycles. The van der Waals surface area contributed by atoms with Crippen LogP contribution in [0.2, 0.25) is 0 Å². The van der Waals surface area contributed by atoms with Crippen molar-refractivity contribution in [2.24, 2.45) is 0 Å². The first-order valence-corrected chi connectivity index (χ1v) is 5.13. The van der Waals surface area contributed by atoms with E-state index in [1.807, 2.05) is 0 Å². The molecule has 0 aromatic heterocycles. The number of rotatable bonds is 6. The zero-order chi connectivity index (χ0) is 11.1. The summed E-state index contributed by atoms with van der Waals surface area (Å²) in [6, 6.07) is 5.09. The first-order valence-electron chi connectivity index (χ1n) is 5.13. The van der Waals surface area contributed by atoms with Gasteiger partial charge in [-0.1, -0.05) is 13.3 Å². The van der Waals surface area contributed by atoms with Crippen LogP contribution in [-0.4, -0.2) is 18.0 Å². The van der Waals surface area contributed by atoms with Crippen LogP contribution in [0.3, 0.4) is 0 Å². The fourth-order valence-corrected chi connectivity index (χ4v) is 1.26. The molecule has 0 atom stereocenters. The number of hydrogen-bond donors (Lipinski definition) is 1. The maximum Gasteiger partial charge on any atom is 0.150 e. The van der Waals surface area contributed by atoms with Gasteiger partial charge in [-0.2, -0.15) is 0 Å². The third-order valence-electron chi connectivity index (χ3n) is 2.07. The van der Waals surface area contributed by atoms with Gasteiger partial charge in [0.15, 0.2) is 0 Å². The number of carbonyl (C=O) groups is 1. The Bertz CT molecular complexity index is 321. The molecule has 0 heterocycles. The highest BCUT2D eigenvalue weighted by Crippen LogP contribution is 2.16. The van der Waals surface area contributed by atoms with Gasteiger partial charge >= 0.3 is 0 Å². The molecule has 0 saturated heterocycles. The highest BCUT2D eigenvalue weighted by atomic mass is 16.5. The molecule has 1 N–H and O–H groups in total. The molecule has 0 amide bonds. The van der Waals surface area contributed by atoms with Crippen molar-refractivity contribution in [1.29, 1.82) is 0 Å². The summed E-state index contributed by atoms with van der Waals surface area (Å²) in [5, 5.41) is 8.98. The number of hydrogen-bond acceptors (Lipinski definition) is 3. The molecule has 0 saturated carbocycles. The lowest BCUT2D eigenvalue weighted by molar-refractivity contribution is 0.112. The van der Waals surface area contributed by atoms with Crippen LogP contribution in [0.5, 0.6) is 5.75 Å². The van der Waals surface area contributed by atoms with E-state index in [9.17, 15) is 4.79 Å². The fraction of sp³-hybridized carbons (Fsp3) is 0.417. The molecule has 0 aliphatic carbocycles. The van der Waals surface area contributed by atoms with Crippen LogP contribution in [0.4, 0.5) is 0 Å². The number of unbranched alkanes of at least 4 members (excludes halogenated alkanes) is 1. The topological polar surface area (TPSA) is 46.5 Å². The Kier molecular flexibility index (Phi) is 4.84. The van der Waals surface area contributed by atoms with Crippen molar-refractivity contribution in [3.8, 4) is 5.75 Å². The smallest absolute Gasteiger partial charge is 0.150 e. The van der Waals surface area contributed by atoms with Crippen LogP contribution in [0.1, 0.15) is 35.7 Å². The number of aldehydes is 1. The van der Waals surface area contributed by atoms with Gasteiger partial charge in [0.2, 0.25) is 0 Å². The van der Waals surface area contributed by atoms with Crippen LogP contribution in [-0.2, 0) is 6.61 Å². The third-order valence-corrected chi connectivity index (χ3v) is 2.07. The zero-order valence-electron chi connectivity index (χ0n) is 8.90. The molecule has 3 heteroatoms. The summed E-state index contributed by atoms with van der Waals surface area (Å²) in [4.78, 5) is 10.6. The van der Waals surface area contributed by atoms with Crippen LogP contribution >= 0.6 is 0 Å². The maximum absolute atomic E-state index is 10.6. The molecule has 0 unspecified atom stereocenters. The van der Waals surface area contributed by atoms with Crippen LogP contribution in [0.15, 0.2) is 18.2 Å². The summed E-state index contributed by atoms with van der Waals surface area (Å²) in [6.45, 7) is 2.65. The third kappa shape index (κ3) is 3.72. The van der Waals surface area contributed by atoms with Gasteiger partial charge in [-0.15, -0.1) is 0 Å². The second kappa shape index (κ2) is 6.19. The first-order chi connectivity index (χ1) is 7.30. The molecule has 0 bridgehead atoms. The van der Waals surface area contributed by atoms with E-state index in [0.717, 1.165) is 19.1 Å². The largest absolute Gasteiger partial charge is 0.494 e. The van der Waals surface area contributed by atoms with E-state index >= 15 is 0 Å². The van der Waals surface area contributed by atoms with Crippen molar-refractivity contribution in [1.82, 2.24) is 0 Å². The van der Waals surface area contributed by atoms with E-state index in [1.165, 1.54) is 0 Å². The van der Waals surface area contributed by atoms with Crippen molar-refractivity contribution in [3.63, 3.8) is 0 Å². The Hall–Kier alpha value is -1.35. The predicted octanol–water partition coefficient (Wildman–Crippen LogP) is 2.17. The van der Waals surface area contributed by atoms with E-state index in [4.69, 9.17) is 9.84 Å². The molecule has 3 nitrogen and oxygen atoms in total. The lowest BCUT2D eigenvalue weighted by Gasteiger charge is -2.07. The van der Waals surface area contributed by atoms with Crippen molar-refractivity contribution >= 4 is 6.29 Å². The van der Waals surface area contributed by atoms with Crippen molar-refractivity contribution in [3.05, 3.63) is 29.3 Å². The minimum atomic E-state index is -0.0776. The van der Waals surface area contributed by atoms with Gasteiger partial charge in [-0.25, -0.2) is 0 Å². The SMILES string of the molecule is CCCCOc1cc(C=O)cc(CO)c1. The highest BCUT2D eigenvalue weighted by molar-refractivity contribution is 5.76. The lowest BCUT2D eigenvalue weighted by Crippen LogP contribution is -1.98. The quantitative estimate of drug-likeness (QED) is 0.575. The van der Waals surface area contributed by atoms with Gasteiger partial charge in [-0.3, -0.25) is 4.79 Å². The predicted molar refractivity (Wildman–Crippen MR) is 58.2 cm³/mol. The number of carbonyl (C=O) groups excluding carboxylic acids is 1. The average molecular weight is 208 g/mol. The van der Waals surface area contributed by atoms with Crippen LogP contribution in [0.25, 0.3) is 0 Å². The summed E-state index contributed by atoms with van der Waals surface area (Å²) in [6.07, 6.45) is 2.81. The minimum Gasteiger partial charge on any atom is -0.494 e. The van der Waals surface area contributed by atoms with E-state index in [-0.39, 0.29) is 6.61 Å². The Morgan fingerprint density at radius 2 is 2.20 bits per heavy atom. The van der Waals surface area contributed by atoms with Gasteiger partial charge in [0, 0.05) is 5.56 Å². The van der Waals surface area contributed by atoms with Gasteiger partial charge in [0.05, 0.1) is 13.2 Å². The summed E-state index contributed by atoms with van der Waals surface area (Å²) < 4.78 is 5.46. The van der Waals surface area contributed by atoms with Gasteiger partial charge < -0.3 is 9.84 Å². The molecule has 0 radical (unpaired) electrons. The Morgan fingerprint density at radius 1 is 1.40 bits per heavy atom. The second-order valence-electron chi connectivity index (χ2n) is 3.39. The van der Waals surface area contributed by atoms with Crippen molar-refractivity contribution in [2.75, 3.05) is 6.61 Å². The lowest BCUT2D eigenvalue weighted by atomic mass is 10.1. The van der Waals surface area contributed by atoms with Gasteiger partial charge in [0.25, 0.3) is 0 Å². The maximum atomic E-state index is 10.6. The van der Waals surface area contributed by atoms with Crippen LogP contribution in [0, 0.1) is 0 Å². The van der Waals surface area contributed by atoms with Crippen LogP contribution < -0.4 is 4.74 Å². The molecule has 1 aromatic rings. The molecule has 82 valence electrons. The molecule has 0 aliphatic heterocycles. The Balaban J connectivity index is 2.73. The standard InChI is InChI=1S/C12H16O3/c1-2-3-4-15-12-6-10(8-13)5-11(7-12)9-14/h5-8,14H,2-4,9H2,1H3. The van der Waals surface area contributed by atoms with Gasteiger partial charge in [-0.05, 0) is 30.2 Å². The molecule has 15 heavy (non-hydrogen) atoms. The monoisotopic (exact) mass is 208 g/mol. The van der Waals surface area contributed by atoms with E-state index in [0.29, 0.717) is 23.5 Å². The molecule has 0 aliphatic rings. The minimum absolute atomic E-state index is 0.0776. The zero-order valence-corrected chi connectivity index (χ0v) is 8.90. The summed E-state index contributed by atoms with van der Waals surface area (Å²) >= 11 is 0.